The van der Waals surface area contributed by atoms with Gasteiger partial charge in [0.1, 0.15) is 0 Å². The fourth-order valence-corrected chi connectivity index (χ4v) is 3.61. The smallest absolute Gasteiger partial charge is 0.191 e. The molecule has 1 aromatic rings. The second-order valence-electron chi connectivity index (χ2n) is 6.59. The Balaban J connectivity index is 0.00000288. The summed E-state index contributed by atoms with van der Waals surface area (Å²) >= 11 is 1.73. The summed E-state index contributed by atoms with van der Waals surface area (Å²) in [6.45, 7) is 11.0. The predicted octanol–water partition coefficient (Wildman–Crippen LogP) is 2.30. The molecule has 1 aliphatic heterocycles. The Morgan fingerprint density at radius 2 is 1.96 bits per heavy atom. The molecule has 1 aromatic heterocycles. The number of guanidine groups is 1. The minimum atomic E-state index is 0. The van der Waals surface area contributed by atoms with E-state index in [1.807, 2.05) is 7.05 Å². The van der Waals surface area contributed by atoms with E-state index in [2.05, 4.69) is 63.1 Å². The maximum Gasteiger partial charge on any atom is 0.191 e. The van der Waals surface area contributed by atoms with Gasteiger partial charge >= 0.3 is 0 Å². The topological polar surface area (TPSA) is 42.9 Å². The summed E-state index contributed by atoms with van der Waals surface area (Å²) in [6.07, 6.45) is 0. The molecule has 0 bridgehead atoms. The van der Waals surface area contributed by atoms with E-state index in [1.165, 1.54) is 5.56 Å². The van der Waals surface area contributed by atoms with Crippen molar-refractivity contribution in [2.45, 2.75) is 26.4 Å². The summed E-state index contributed by atoms with van der Waals surface area (Å²) in [5.41, 5.74) is 1.30. The Labute approximate surface area is 167 Å². The van der Waals surface area contributed by atoms with E-state index in [-0.39, 0.29) is 24.0 Å². The lowest BCUT2D eigenvalue weighted by Crippen LogP contribution is -2.55. The number of rotatable bonds is 6. The molecule has 1 aliphatic rings. The number of halogens is 1. The summed E-state index contributed by atoms with van der Waals surface area (Å²) in [6, 6.07) is 2.69. The van der Waals surface area contributed by atoms with Gasteiger partial charge in [-0.2, -0.15) is 11.3 Å². The molecule has 0 saturated carbocycles. The zero-order valence-corrected chi connectivity index (χ0v) is 18.4. The van der Waals surface area contributed by atoms with E-state index in [0.717, 1.165) is 45.2 Å². The van der Waals surface area contributed by atoms with Crippen molar-refractivity contribution in [2.24, 2.45) is 10.9 Å². The molecule has 2 N–H and O–H groups in total. The van der Waals surface area contributed by atoms with Gasteiger partial charge in [0.25, 0.3) is 0 Å². The molecule has 138 valence electrons. The lowest BCUT2D eigenvalue weighted by Gasteiger charge is -2.40. The van der Waals surface area contributed by atoms with E-state index < -0.39 is 0 Å². The number of hydrogen-bond acceptors (Lipinski definition) is 4. The Hall–Kier alpha value is -0.380. The van der Waals surface area contributed by atoms with Gasteiger partial charge in [0, 0.05) is 52.4 Å². The summed E-state index contributed by atoms with van der Waals surface area (Å²) in [5, 5.41) is 11.2. The maximum atomic E-state index is 4.35. The van der Waals surface area contributed by atoms with Crippen LogP contribution in [0.25, 0.3) is 0 Å². The van der Waals surface area contributed by atoms with Gasteiger partial charge in [0.15, 0.2) is 5.96 Å². The Kier molecular flexibility index (Phi) is 10.2. The van der Waals surface area contributed by atoms with Crippen LogP contribution in [0.2, 0.25) is 0 Å². The van der Waals surface area contributed by atoms with Gasteiger partial charge < -0.3 is 15.5 Å². The van der Waals surface area contributed by atoms with Gasteiger partial charge in [0.2, 0.25) is 0 Å². The quantitative estimate of drug-likeness (QED) is 0.385. The molecule has 0 spiro atoms. The van der Waals surface area contributed by atoms with Crippen LogP contribution >= 0.6 is 35.3 Å². The van der Waals surface area contributed by atoms with Gasteiger partial charge in [-0.25, -0.2) is 0 Å². The fraction of sp³-hybridized carbons (Fsp3) is 0.706. The molecule has 2 heterocycles. The van der Waals surface area contributed by atoms with Crippen molar-refractivity contribution in [1.82, 2.24) is 20.4 Å². The third-order valence-electron chi connectivity index (χ3n) is 4.52. The minimum Gasteiger partial charge on any atom is -0.355 e. The molecule has 0 aromatic carbocycles. The summed E-state index contributed by atoms with van der Waals surface area (Å²) < 4.78 is 0. The molecule has 1 atom stereocenters. The van der Waals surface area contributed by atoms with Crippen LogP contribution in [0.4, 0.5) is 0 Å². The van der Waals surface area contributed by atoms with Gasteiger partial charge in [-0.05, 0) is 35.4 Å². The highest BCUT2D eigenvalue weighted by molar-refractivity contribution is 14.0. The molecule has 7 heteroatoms. The Bertz CT molecular complexity index is 469. The van der Waals surface area contributed by atoms with E-state index in [4.69, 9.17) is 0 Å². The maximum absolute atomic E-state index is 4.35. The fourth-order valence-electron chi connectivity index (χ4n) is 2.94. The second kappa shape index (κ2) is 11.3. The predicted molar refractivity (Wildman–Crippen MR) is 116 cm³/mol. The van der Waals surface area contributed by atoms with Crippen LogP contribution in [-0.4, -0.2) is 68.6 Å². The van der Waals surface area contributed by atoms with Crippen molar-refractivity contribution in [3.05, 3.63) is 22.4 Å². The van der Waals surface area contributed by atoms with Crippen molar-refractivity contribution in [3.8, 4) is 0 Å². The molecule has 1 saturated heterocycles. The summed E-state index contributed by atoms with van der Waals surface area (Å²) in [4.78, 5) is 9.37. The molecule has 0 aliphatic carbocycles. The van der Waals surface area contributed by atoms with Gasteiger partial charge in [-0.3, -0.25) is 9.89 Å². The van der Waals surface area contributed by atoms with Crippen LogP contribution in [0.1, 0.15) is 19.4 Å². The molecular formula is C17H32IN5S. The van der Waals surface area contributed by atoms with Crippen molar-refractivity contribution in [3.63, 3.8) is 0 Å². The second-order valence-corrected chi connectivity index (χ2v) is 7.37. The number of piperazine rings is 1. The first-order chi connectivity index (χ1) is 11.1. The van der Waals surface area contributed by atoms with Crippen LogP contribution in [0, 0.1) is 5.92 Å². The molecule has 1 fully saturated rings. The first-order valence-corrected chi connectivity index (χ1v) is 9.42. The van der Waals surface area contributed by atoms with E-state index >= 15 is 0 Å². The number of thiophene rings is 1. The van der Waals surface area contributed by atoms with Crippen molar-refractivity contribution >= 4 is 41.3 Å². The van der Waals surface area contributed by atoms with Crippen LogP contribution < -0.4 is 10.6 Å². The van der Waals surface area contributed by atoms with E-state index in [0.29, 0.717) is 12.0 Å². The largest absolute Gasteiger partial charge is 0.355 e. The highest BCUT2D eigenvalue weighted by Crippen LogP contribution is 2.13. The molecule has 0 radical (unpaired) electrons. The first kappa shape index (κ1) is 21.7. The van der Waals surface area contributed by atoms with Crippen LogP contribution in [0.5, 0.6) is 0 Å². The van der Waals surface area contributed by atoms with Crippen LogP contribution in [-0.2, 0) is 6.54 Å². The molecular weight excluding hydrogens is 433 g/mol. The third kappa shape index (κ3) is 6.85. The van der Waals surface area contributed by atoms with Crippen molar-refractivity contribution < 1.29 is 0 Å². The number of nitrogens with one attached hydrogen (secondary N) is 2. The number of hydrogen-bond donors (Lipinski definition) is 2. The number of aliphatic imine (C=N–C) groups is 1. The highest BCUT2D eigenvalue weighted by atomic mass is 127. The molecule has 2 rings (SSSR count). The summed E-state index contributed by atoms with van der Waals surface area (Å²) in [5.74, 6) is 1.51. The van der Waals surface area contributed by atoms with Crippen molar-refractivity contribution in [2.75, 3.05) is 46.8 Å². The number of nitrogens with zero attached hydrogens (tertiary/aromatic N) is 3. The normalized spacial score (nSPS) is 18.3. The number of likely N-dealkylation sites (N-methyl/N-ethyl adjacent to an activating group) is 1. The Morgan fingerprint density at radius 1 is 1.25 bits per heavy atom. The third-order valence-corrected chi connectivity index (χ3v) is 5.25. The molecule has 1 unspecified atom stereocenters. The lowest BCUT2D eigenvalue weighted by molar-refractivity contribution is 0.0900. The average Bonchev–Trinajstić information content (AvgIpc) is 3.05. The van der Waals surface area contributed by atoms with Crippen LogP contribution in [0.15, 0.2) is 21.8 Å². The minimum absolute atomic E-state index is 0. The highest BCUT2D eigenvalue weighted by Gasteiger charge is 2.24. The molecule has 0 amide bonds. The zero-order valence-electron chi connectivity index (χ0n) is 15.3. The lowest BCUT2D eigenvalue weighted by atomic mass is 10.0. The average molecular weight is 465 g/mol. The van der Waals surface area contributed by atoms with Gasteiger partial charge in [-0.1, -0.05) is 13.8 Å². The standard InChI is InChI=1S/C17H31N5S.HI/c1-14(2)16(22-8-6-21(4)7-9-22)12-20-17(18-3)19-11-15-5-10-23-13-15;/h5,10,13-14,16H,6-9,11-12H2,1-4H3,(H2,18,19,20);1H. The molecule has 24 heavy (non-hydrogen) atoms. The zero-order chi connectivity index (χ0) is 16.7. The first-order valence-electron chi connectivity index (χ1n) is 8.48. The van der Waals surface area contributed by atoms with E-state index in [9.17, 15) is 0 Å². The van der Waals surface area contributed by atoms with E-state index in [1.54, 1.807) is 11.3 Å². The Morgan fingerprint density at radius 3 is 2.50 bits per heavy atom. The van der Waals surface area contributed by atoms with Gasteiger partial charge in [-0.15, -0.1) is 24.0 Å². The van der Waals surface area contributed by atoms with Crippen molar-refractivity contribution in [1.29, 1.82) is 0 Å². The van der Waals surface area contributed by atoms with Gasteiger partial charge in [0.05, 0.1) is 0 Å². The summed E-state index contributed by atoms with van der Waals surface area (Å²) in [7, 11) is 4.04. The monoisotopic (exact) mass is 465 g/mol. The van der Waals surface area contributed by atoms with Crippen LogP contribution in [0.3, 0.4) is 0 Å². The molecule has 5 nitrogen and oxygen atoms in total. The SMILES string of the molecule is CN=C(NCc1ccsc1)NCC(C(C)C)N1CCN(C)CC1.I.